The number of pyridine rings is 1. The van der Waals surface area contributed by atoms with Gasteiger partial charge in [-0.3, -0.25) is 4.98 Å². The van der Waals surface area contributed by atoms with E-state index < -0.39 is 0 Å². The van der Waals surface area contributed by atoms with Crippen LogP contribution in [-0.2, 0) is 0 Å². The van der Waals surface area contributed by atoms with Crippen molar-refractivity contribution < 1.29 is 14.6 Å². The number of rotatable bonds is 2. The Kier molecular flexibility index (Phi) is 3.15. The van der Waals surface area contributed by atoms with Crippen molar-refractivity contribution in [3.05, 3.63) is 42.2 Å². The molecule has 0 amide bonds. The van der Waals surface area contributed by atoms with Gasteiger partial charge in [-0.05, 0) is 37.3 Å². The minimum atomic E-state index is -0.126. The Balaban J connectivity index is 1.83. The van der Waals surface area contributed by atoms with E-state index in [1.54, 1.807) is 6.20 Å². The third kappa shape index (κ3) is 2.48. The predicted molar refractivity (Wildman–Crippen MR) is 84.6 cm³/mol. The zero-order valence-corrected chi connectivity index (χ0v) is 12.5. The predicted octanol–water partition coefficient (Wildman–Crippen LogP) is 2.92. The quantitative estimate of drug-likeness (QED) is 0.761. The molecule has 0 spiro atoms. The van der Waals surface area contributed by atoms with E-state index in [4.69, 9.17) is 9.47 Å². The van der Waals surface area contributed by atoms with Gasteiger partial charge in [0.1, 0.15) is 18.9 Å². The Labute approximate surface area is 132 Å². The Bertz CT molecular complexity index is 873. The smallest absolute Gasteiger partial charge is 0.292 e. The van der Waals surface area contributed by atoms with Gasteiger partial charge in [-0.2, -0.15) is 4.98 Å². The van der Waals surface area contributed by atoms with Crippen molar-refractivity contribution in [2.24, 2.45) is 0 Å². The second-order valence-corrected chi connectivity index (χ2v) is 5.33. The number of aromatic amines is 1. The molecule has 0 saturated heterocycles. The van der Waals surface area contributed by atoms with Gasteiger partial charge < -0.3 is 19.6 Å². The molecule has 2 aromatic heterocycles. The zero-order valence-electron chi connectivity index (χ0n) is 12.5. The van der Waals surface area contributed by atoms with Crippen LogP contribution < -0.4 is 9.47 Å². The van der Waals surface area contributed by atoms with E-state index in [2.05, 4.69) is 15.0 Å². The molecule has 0 fully saturated rings. The maximum Gasteiger partial charge on any atom is 0.292 e. The summed E-state index contributed by atoms with van der Waals surface area (Å²) in [5, 5.41) is 9.83. The lowest BCUT2D eigenvalue weighted by Crippen LogP contribution is -2.15. The Hall–Kier alpha value is -3.02. The lowest BCUT2D eigenvalue weighted by atomic mass is 10.0. The first-order chi connectivity index (χ1) is 11.2. The number of aromatic nitrogens is 3. The normalized spacial score (nSPS) is 13.1. The summed E-state index contributed by atoms with van der Waals surface area (Å²) in [5.41, 5.74) is 4.05. The molecule has 0 aliphatic carbocycles. The molecule has 2 N–H and O–H groups in total. The SMILES string of the molecule is Cc1cc(-c2[nH]c(O)nc2-c2ccc3c(c2)OCCO3)ccn1. The summed E-state index contributed by atoms with van der Waals surface area (Å²) in [6, 6.07) is 9.33. The molecule has 4 rings (SSSR count). The van der Waals surface area contributed by atoms with E-state index in [0.29, 0.717) is 24.7 Å². The van der Waals surface area contributed by atoms with Gasteiger partial charge in [0.25, 0.3) is 6.01 Å². The van der Waals surface area contributed by atoms with Crippen LogP contribution in [0, 0.1) is 6.92 Å². The number of ether oxygens (including phenoxy) is 2. The molecule has 0 radical (unpaired) electrons. The third-order valence-corrected chi connectivity index (χ3v) is 3.69. The Morgan fingerprint density at radius 2 is 1.87 bits per heavy atom. The van der Waals surface area contributed by atoms with Crippen molar-refractivity contribution in [3.63, 3.8) is 0 Å². The largest absolute Gasteiger partial charge is 0.486 e. The van der Waals surface area contributed by atoms with Crippen molar-refractivity contribution >= 4 is 0 Å². The van der Waals surface area contributed by atoms with Crippen LogP contribution in [0.25, 0.3) is 22.5 Å². The maximum absolute atomic E-state index is 9.83. The van der Waals surface area contributed by atoms with Crippen LogP contribution in [0.1, 0.15) is 5.69 Å². The van der Waals surface area contributed by atoms with Gasteiger partial charge in [0.15, 0.2) is 11.5 Å². The minimum Gasteiger partial charge on any atom is -0.486 e. The first-order valence-corrected chi connectivity index (χ1v) is 7.33. The van der Waals surface area contributed by atoms with E-state index in [9.17, 15) is 5.11 Å². The number of nitrogens with zero attached hydrogens (tertiary/aromatic N) is 2. The molecule has 116 valence electrons. The lowest BCUT2D eigenvalue weighted by Gasteiger charge is -2.18. The molecule has 1 aliphatic rings. The summed E-state index contributed by atoms with van der Waals surface area (Å²) in [5.74, 6) is 1.41. The van der Waals surface area contributed by atoms with Gasteiger partial charge in [-0.1, -0.05) is 0 Å². The standard InChI is InChI=1S/C17H15N3O3/c1-10-8-12(4-5-18-10)16-15(19-17(21)20-16)11-2-3-13-14(9-11)23-7-6-22-13/h2-5,8-9H,6-7H2,1H3,(H2,19,20,21). The van der Waals surface area contributed by atoms with Crippen LogP contribution in [0.3, 0.4) is 0 Å². The second kappa shape index (κ2) is 5.31. The van der Waals surface area contributed by atoms with Gasteiger partial charge in [-0.25, -0.2) is 0 Å². The highest BCUT2D eigenvalue weighted by molar-refractivity contribution is 5.80. The van der Waals surface area contributed by atoms with Crippen molar-refractivity contribution in [1.29, 1.82) is 0 Å². The first-order valence-electron chi connectivity index (χ1n) is 7.33. The molecular formula is C17H15N3O3. The summed E-state index contributed by atoms with van der Waals surface area (Å²) in [4.78, 5) is 11.3. The van der Waals surface area contributed by atoms with Crippen LogP contribution in [-0.4, -0.2) is 33.3 Å². The Morgan fingerprint density at radius 1 is 1.04 bits per heavy atom. The summed E-state index contributed by atoms with van der Waals surface area (Å²) in [7, 11) is 0. The zero-order chi connectivity index (χ0) is 15.8. The fourth-order valence-corrected chi connectivity index (χ4v) is 2.67. The summed E-state index contributed by atoms with van der Waals surface area (Å²) >= 11 is 0. The summed E-state index contributed by atoms with van der Waals surface area (Å²) in [6.07, 6.45) is 1.73. The molecule has 0 unspecified atom stereocenters. The maximum atomic E-state index is 9.83. The number of hydrogen-bond acceptors (Lipinski definition) is 5. The topological polar surface area (TPSA) is 80.3 Å². The van der Waals surface area contributed by atoms with Gasteiger partial charge >= 0.3 is 0 Å². The van der Waals surface area contributed by atoms with E-state index in [1.807, 2.05) is 37.3 Å². The molecule has 6 heteroatoms. The van der Waals surface area contributed by atoms with E-state index in [-0.39, 0.29) is 6.01 Å². The molecule has 3 aromatic rings. The van der Waals surface area contributed by atoms with Gasteiger partial charge in [0, 0.05) is 23.0 Å². The van der Waals surface area contributed by atoms with Crippen LogP contribution in [0.4, 0.5) is 0 Å². The number of nitrogens with one attached hydrogen (secondary N) is 1. The number of benzene rings is 1. The molecule has 0 bridgehead atoms. The van der Waals surface area contributed by atoms with Crippen molar-refractivity contribution in [2.75, 3.05) is 13.2 Å². The second-order valence-electron chi connectivity index (χ2n) is 5.33. The fourth-order valence-electron chi connectivity index (χ4n) is 2.67. The van der Waals surface area contributed by atoms with Crippen molar-refractivity contribution in [2.45, 2.75) is 6.92 Å². The molecule has 6 nitrogen and oxygen atoms in total. The highest BCUT2D eigenvalue weighted by Gasteiger charge is 2.18. The number of H-pyrrole nitrogens is 1. The molecule has 1 aliphatic heterocycles. The average molecular weight is 309 g/mol. The summed E-state index contributed by atoms with van der Waals surface area (Å²) < 4.78 is 11.2. The minimum absolute atomic E-state index is 0.126. The van der Waals surface area contributed by atoms with E-state index in [1.165, 1.54) is 0 Å². The molecule has 1 aromatic carbocycles. The van der Waals surface area contributed by atoms with Crippen molar-refractivity contribution in [1.82, 2.24) is 15.0 Å². The van der Waals surface area contributed by atoms with Crippen LogP contribution in [0.5, 0.6) is 17.5 Å². The third-order valence-electron chi connectivity index (χ3n) is 3.69. The fraction of sp³-hybridized carbons (Fsp3) is 0.176. The van der Waals surface area contributed by atoms with Gasteiger partial charge in [0.05, 0.1) is 5.69 Å². The van der Waals surface area contributed by atoms with Crippen molar-refractivity contribution in [3.8, 4) is 40.0 Å². The monoisotopic (exact) mass is 309 g/mol. The number of aryl methyl sites for hydroxylation is 1. The van der Waals surface area contributed by atoms with E-state index in [0.717, 1.165) is 28.3 Å². The highest BCUT2D eigenvalue weighted by atomic mass is 16.6. The first kappa shape index (κ1) is 13.6. The number of imidazole rings is 1. The Morgan fingerprint density at radius 3 is 2.70 bits per heavy atom. The van der Waals surface area contributed by atoms with E-state index >= 15 is 0 Å². The molecule has 3 heterocycles. The van der Waals surface area contributed by atoms with Gasteiger partial charge in [-0.15, -0.1) is 0 Å². The van der Waals surface area contributed by atoms with Crippen LogP contribution in [0.15, 0.2) is 36.5 Å². The van der Waals surface area contributed by atoms with Crippen LogP contribution >= 0.6 is 0 Å². The highest BCUT2D eigenvalue weighted by Crippen LogP contribution is 2.38. The molecular weight excluding hydrogens is 294 g/mol. The summed E-state index contributed by atoms with van der Waals surface area (Å²) in [6.45, 7) is 3.00. The number of aromatic hydroxyl groups is 1. The van der Waals surface area contributed by atoms with Crippen LogP contribution in [0.2, 0.25) is 0 Å². The lowest BCUT2D eigenvalue weighted by molar-refractivity contribution is 0.171. The number of hydrogen-bond donors (Lipinski definition) is 2. The molecule has 0 atom stereocenters. The number of fused-ring (bicyclic) bond motifs is 1. The average Bonchev–Trinajstić information content (AvgIpc) is 2.96. The molecule has 0 saturated carbocycles. The van der Waals surface area contributed by atoms with Gasteiger partial charge in [0.2, 0.25) is 0 Å². The molecule has 23 heavy (non-hydrogen) atoms.